The van der Waals surface area contributed by atoms with Crippen LogP contribution in [0.1, 0.15) is 23.7 Å². The van der Waals surface area contributed by atoms with Gasteiger partial charge < -0.3 is 15.8 Å². The second-order valence-electron chi connectivity index (χ2n) is 4.09. The number of rotatable bonds is 5. The Balaban J connectivity index is 2.05. The van der Waals surface area contributed by atoms with Crippen molar-refractivity contribution in [3.05, 3.63) is 16.1 Å². The highest BCUT2D eigenvalue weighted by Gasteiger charge is 2.14. The molecular weight excluding hydrogens is 268 g/mol. The topological polar surface area (TPSA) is 73.1 Å². The largest absolute Gasteiger partial charge is 0.484 e. The number of aryl methyl sites for hydroxylation is 1. The van der Waals surface area contributed by atoms with E-state index in [0.29, 0.717) is 18.1 Å². The Hall–Kier alpha value is -1.34. The number of nitrogens with two attached hydrogens (primary N) is 1. The van der Waals surface area contributed by atoms with E-state index in [1.165, 1.54) is 16.4 Å². The van der Waals surface area contributed by atoms with Gasteiger partial charge in [-0.2, -0.15) is 4.37 Å². The van der Waals surface area contributed by atoms with Crippen LogP contribution in [0.3, 0.4) is 0 Å². The third-order valence-electron chi connectivity index (χ3n) is 2.12. The van der Waals surface area contributed by atoms with E-state index in [0.717, 1.165) is 10.0 Å². The minimum absolute atomic E-state index is 0.0786. The van der Waals surface area contributed by atoms with Gasteiger partial charge in [-0.25, -0.2) is 4.98 Å². The number of anilines is 2. The van der Waals surface area contributed by atoms with E-state index in [2.05, 4.69) is 14.7 Å². The van der Waals surface area contributed by atoms with Gasteiger partial charge in [-0.3, -0.25) is 0 Å². The maximum atomic E-state index is 5.79. The van der Waals surface area contributed by atoms with Crippen molar-refractivity contribution >= 4 is 33.7 Å². The number of hydrogen-bond acceptors (Lipinski definition) is 7. The highest BCUT2D eigenvalue weighted by Crippen LogP contribution is 2.36. The van der Waals surface area contributed by atoms with E-state index >= 15 is 0 Å². The molecule has 0 amide bonds. The average molecular weight is 284 g/mol. The van der Waals surface area contributed by atoms with Gasteiger partial charge in [0.05, 0.1) is 17.7 Å². The molecule has 0 spiro atoms. The Morgan fingerprint density at radius 3 is 2.89 bits per heavy atom. The molecule has 18 heavy (non-hydrogen) atoms. The fourth-order valence-corrected chi connectivity index (χ4v) is 2.79. The zero-order valence-electron chi connectivity index (χ0n) is 10.6. The van der Waals surface area contributed by atoms with E-state index in [9.17, 15) is 0 Å². The van der Waals surface area contributed by atoms with E-state index in [1.807, 2.05) is 27.0 Å². The van der Waals surface area contributed by atoms with Crippen LogP contribution in [0.4, 0.5) is 10.8 Å². The van der Waals surface area contributed by atoms with Gasteiger partial charge in [-0.05, 0) is 32.3 Å². The maximum Gasteiger partial charge on any atom is 0.197 e. The zero-order chi connectivity index (χ0) is 13.1. The van der Waals surface area contributed by atoms with Crippen LogP contribution in [0, 0.1) is 6.92 Å². The molecule has 0 aliphatic heterocycles. The molecule has 0 aliphatic carbocycles. The monoisotopic (exact) mass is 284 g/mol. The van der Waals surface area contributed by atoms with Crippen LogP contribution in [-0.4, -0.2) is 15.5 Å². The summed E-state index contributed by atoms with van der Waals surface area (Å²) in [6.45, 7) is 6.63. The minimum Gasteiger partial charge on any atom is -0.484 e. The summed E-state index contributed by atoms with van der Waals surface area (Å²) in [6.07, 6.45) is 1.95. The molecule has 98 valence electrons. The fourth-order valence-electron chi connectivity index (χ4n) is 1.41. The second-order valence-corrected chi connectivity index (χ2v) is 6.18. The summed E-state index contributed by atoms with van der Waals surface area (Å²) in [5.41, 5.74) is 5.79. The molecule has 5 nitrogen and oxygen atoms in total. The highest BCUT2D eigenvalue weighted by molar-refractivity contribution is 7.12. The van der Waals surface area contributed by atoms with Gasteiger partial charge in [0.1, 0.15) is 0 Å². The number of hydrogen-bond donors (Lipinski definition) is 2. The first-order chi connectivity index (χ1) is 8.56. The molecule has 2 rings (SSSR count). The Morgan fingerprint density at radius 1 is 1.50 bits per heavy atom. The van der Waals surface area contributed by atoms with Gasteiger partial charge in [0, 0.05) is 11.1 Å². The minimum atomic E-state index is 0.0786. The van der Waals surface area contributed by atoms with E-state index in [-0.39, 0.29) is 6.10 Å². The first-order valence-electron chi connectivity index (χ1n) is 5.63. The van der Waals surface area contributed by atoms with Gasteiger partial charge >= 0.3 is 0 Å². The van der Waals surface area contributed by atoms with Crippen LogP contribution >= 0.6 is 22.9 Å². The highest BCUT2D eigenvalue weighted by atomic mass is 32.1. The Morgan fingerprint density at radius 2 is 2.28 bits per heavy atom. The van der Waals surface area contributed by atoms with E-state index < -0.39 is 0 Å². The van der Waals surface area contributed by atoms with Crippen LogP contribution in [0.15, 0.2) is 6.20 Å². The van der Waals surface area contributed by atoms with E-state index in [1.54, 1.807) is 11.3 Å². The lowest BCUT2D eigenvalue weighted by molar-refractivity contribution is 0.245. The molecule has 7 heteroatoms. The van der Waals surface area contributed by atoms with Crippen molar-refractivity contribution in [3.63, 3.8) is 0 Å². The molecule has 0 bridgehead atoms. The predicted molar refractivity (Wildman–Crippen MR) is 76.5 cm³/mol. The lowest BCUT2D eigenvalue weighted by atomic mass is 10.4. The third kappa shape index (κ3) is 3.11. The predicted octanol–water partition coefficient (Wildman–Crippen LogP) is 2.89. The molecule has 0 fully saturated rings. The zero-order valence-corrected chi connectivity index (χ0v) is 12.2. The van der Waals surface area contributed by atoms with Gasteiger partial charge in [0.15, 0.2) is 16.6 Å². The molecule has 0 saturated heterocycles. The molecule has 2 aromatic rings. The Bertz CT molecular complexity index is 521. The van der Waals surface area contributed by atoms with Crippen LogP contribution in [-0.2, 0) is 6.54 Å². The van der Waals surface area contributed by atoms with Crippen molar-refractivity contribution in [2.45, 2.75) is 33.4 Å². The first-order valence-corrected chi connectivity index (χ1v) is 7.22. The van der Waals surface area contributed by atoms with Crippen molar-refractivity contribution in [3.8, 4) is 5.75 Å². The van der Waals surface area contributed by atoms with Crippen LogP contribution < -0.4 is 15.8 Å². The molecule has 0 aliphatic rings. The molecular formula is C11H16N4OS2. The molecule has 0 aromatic carbocycles. The lowest BCUT2D eigenvalue weighted by Crippen LogP contribution is -2.08. The van der Waals surface area contributed by atoms with Gasteiger partial charge in [0.2, 0.25) is 0 Å². The number of nitrogens with zero attached hydrogens (tertiary/aromatic N) is 2. The van der Waals surface area contributed by atoms with Crippen LogP contribution in [0.2, 0.25) is 0 Å². The molecule has 2 heterocycles. The molecule has 0 unspecified atom stereocenters. The van der Waals surface area contributed by atoms with E-state index in [4.69, 9.17) is 10.5 Å². The van der Waals surface area contributed by atoms with Gasteiger partial charge in [-0.1, -0.05) is 0 Å². The summed E-state index contributed by atoms with van der Waals surface area (Å²) in [4.78, 5) is 5.39. The normalized spacial score (nSPS) is 10.9. The summed E-state index contributed by atoms with van der Waals surface area (Å²) < 4.78 is 9.76. The molecule has 2 aromatic heterocycles. The number of ether oxygens (including phenoxy) is 1. The smallest absolute Gasteiger partial charge is 0.197 e. The quantitative estimate of drug-likeness (QED) is 0.883. The summed E-state index contributed by atoms with van der Waals surface area (Å²) in [5.74, 6) is 1.09. The Kier molecular flexibility index (Phi) is 4.03. The number of aromatic nitrogens is 2. The first kappa shape index (κ1) is 13.1. The molecule has 0 radical (unpaired) electrons. The van der Waals surface area contributed by atoms with Crippen molar-refractivity contribution in [1.29, 1.82) is 0 Å². The molecule has 3 N–H and O–H groups in total. The number of nitrogens with one attached hydrogen (secondary N) is 1. The SMILES string of the molecule is Cc1ncc(CNc2snc(N)c2OC(C)C)s1. The van der Waals surface area contributed by atoms with Crippen molar-refractivity contribution in [1.82, 2.24) is 9.36 Å². The van der Waals surface area contributed by atoms with Crippen molar-refractivity contribution in [2.24, 2.45) is 0 Å². The van der Waals surface area contributed by atoms with Crippen LogP contribution in [0.25, 0.3) is 0 Å². The lowest BCUT2D eigenvalue weighted by Gasteiger charge is -2.11. The van der Waals surface area contributed by atoms with Crippen molar-refractivity contribution < 1.29 is 4.74 Å². The second kappa shape index (κ2) is 5.53. The number of thiazole rings is 1. The summed E-state index contributed by atoms with van der Waals surface area (Å²) >= 11 is 2.99. The average Bonchev–Trinajstić information content (AvgIpc) is 2.85. The van der Waals surface area contributed by atoms with Gasteiger partial charge in [-0.15, -0.1) is 11.3 Å². The summed E-state index contributed by atoms with van der Waals surface area (Å²) in [6, 6.07) is 0. The summed E-state index contributed by atoms with van der Waals surface area (Å²) in [7, 11) is 0. The molecule has 0 saturated carbocycles. The fraction of sp³-hybridized carbons (Fsp3) is 0.455. The van der Waals surface area contributed by atoms with Crippen LogP contribution in [0.5, 0.6) is 5.75 Å². The number of nitrogen functional groups attached to an aromatic ring is 1. The third-order valence-corrected chi connectivity index (χ3v) is 3.83. The Labute approximate surface area is 114 Å². The maximum absolute atomic E-state index is 5.79. The summed E-state index contributed by atoms with van der Waals surface area (Å²) in [5, 5.41) is 5.22. The molecule has 0 atom stereocenters. The van der Waals surface area contributed by atoms with Gasteiger partial charge in [0.25, 0.3) is 0 Å². The standard InChI is InChI=1S/C11H16N4OS2/c1-6(2)16-9-10(12)15-18-11(9)14-5-8-4-13-7(3)17-8/h4,6,14H,5H2,1-3H3,(H2,12,15). The van der Waals surface area contributed by atoms with Crippen molar-refractivity contribution in [2.75, 3.05) is 11.1 Å².